The molecule has 1 aliphatic heterocycles. The van der Waals surface area contributed by atoms with E-state index in [2.05, 4.69) is 4.98 Å². The van der Waals surface area contributed by atoms with Crippen LogP contribution in [0.25, 0.3) is 0 Å². The van der Waals surface area contributed by atoms with Crippen molar-refractivity contribution >= 4 is 5.91 Å². The zero-order valence-electron chi connectivity index (χ0n) is 9.56. The van der Waals surface area contributed by atoms with Gasteiger partial charge >= 0.3 is 0 Å². The first-order valence-corrected chi connectivity index (χ1v) is 6.07. The normalized spacial score (nSPS) is 17.6. The molecule has 2 rings (SSSR count). The lowest BCUT2D eigenvalue weighted by Crippen LogP contribution is -2.33. The molecule has 16 heavy (non-hydrogen) atoms. The minimum atomic E-state index is 0.134. The maximum atomic E-state index is 12.2. The molecule has 0 unspecified atom stereocenters. The molecule has 0 bridgehead atoms. The van der Waals surface area contributed by atoms with Gasteiger partial charge in [0.25, 0.3) is 5.91 Å². The van der Waals surface area contributed by atoms with Gasteiger partial charge < -0.3 is 4.90 Å². The van der Waals surface area contributed by atoms with Gasteiger partial charge in [-0.05, 0) is 25.0 Å². The first-order chi connectivity index (χ1) is 7.88. The Labute approximate surface area is 96.5 Å². The van der Waals surface area contributed by atoms with Gasteiger partial charge in [-0.1, -0.05) is 19.3 Å². The largest absolute Gasteiger partial charge is 0.339 e. The van der Waals surface area contributed by atoms with Crippen molar-refractivity contribution in [2.24, 2.45) is 0 Å². The zero-order chi connectivity index (χ0) is 11.2. The summed E-state index contributed by atoms with van der Waals surface area (Å²) in [5.74, 6) is 0.134. The second kappa shape index (κ2) is 5.64. The second-order valence-corrected chi connectivity index (χ2v) is 4.30. The number of pyridine rings is 1. The molecular weight excluding hydrogens is 200 g/mol. The molecule has 1 amide bonds. The summed E-state index contributed by atoms with van der Waals surface area (Å²) in [6.45, 7) is 1.79. The quantitative estimate of drug-likeness (QED) is 0.725. The van der Waals surface area contributed by atoms with E-state index in [-0.39, 0.29) is 5.91 Å². The summed E-state index contributed by atoms with van der Waals surface area (Å²) in [5, 5.41) is 0. The Bertz CT molecular complexity index is 329. The second-order valence-electron chi connectivity index (χ2n) is 4.30. The van der Waals surface area contributed by atoms with Crippen LogP contribution in [0.4, 0.5) is 0 Å². The molecule has 0 atom stereocenters. The highest BCUT2D eigenvalue weighted by atomic mass is 16.2. The number of amides is 1. The van der Waals surface area contributed by atoms with Gasteiger partial charge in [-0.3, -0.25) is 9.78 Å². The van der Waals surface area contributed by atoms with Crippen LogP contribution in [0.5, 0.6) is 0 Å². The van der Waals surface area contributed by atoms with Crippen molar-refractivity contribution in [2.45, 2.75) is 32.1 Å². The molecule has 1 saturated heterocycles. The van der Waals surface area contributed by atoms with E-state index in [9.17, 15) is 4.79 Å². The van der Waals surface area contributed by atoms with E-state index < -0.39 is 0 Å². The van der Waals surface area contributed by atoms with Crippen LogP contribution >= 0.6 is 0 Å². The number of hydrogen-bond acceptors (Lipinski definition) is 2. The predicted octanol–water partition coefficient (Wildman–Crippen LogP) is 2.49. The first-order valence-electron chi connectivity index (χ1n) is 6.07. The molecule has 0 spiro atoms. The van der Waals surface area contributed by atoms with Crippen molar-refractivity contribution in [1.29, 1.82) is 0 Å². The van der Waals surface area contributed by atoms with Crippen molar-refractivity contribution in [2.75, 3.05) is 13.1 Å². The van der Waals surface area contributed by atoms with Crippen LogP contribution in [0.1, 0.15) is 42.5 Å². The maximum Gasteiger partial charge on any atom is 0.255 e. The third kappa shape index (κ3) is 2.81. The molecule has 0 aliphatic carbocycles. The van der Waals surface area contributed by atoms with Gasteiger partial charge in [-0.15, -0.1) is 0 Å². The van der Waals surface area contributed by atoms with Gasteiger partial charge in [0.2, 0.25) is 0 Å². The topological polar surface area (TPSA) is 33.2 Å². The number of hydrogen-bond donors (Lipinski definition) is 0. The Morgan fingerprint density at radius 1 is 1.12 bits per heavy atom. The van der Waals surface area contributed by atoms with Crippen LogP contribution in [-0.4, -0.2) is 28.9 Å². The van der Waals surface area contributed by atoms with Crippen molar-refractivity contribution < 1.29 is 4.79 Å². The lowest BCUT2D eigenvalue weighted by atomic mass is 10.1. The molecule has 0 radical (unpaired) electrons. The van der Waals surface area contributed by atoms with E-state index >= 15 is 0 Å². The van der Waals surface area contributed by atoms with E-state index in [1.165, 1.54) is 19.3 Å². The van der Waals surface area contributed by atoms with Gasteiger partial charge in [-0.25, -0.2) is 0 Å². The van der Waals surface area contributed by atoms with E-state index in [1.807, 2.05) is 17.0 Å². The number of carbonyl (C=O) groups excluding carboxylic acids is 1. The molecule has 1 fully saturated rings. The summed E-state index contributed by atoms with van der Waals surface area (Å²) in [5.41, 5.74) is 0.711. The van der Waals surface area contributed by atoms with E-state index in [0.29, 0.717) is 5.56 Å². The van der Waals surface area contributed by atoms with Gasteiger partial charge in [0, 0.05) is 25.5 Å². The third-order valence-corrected chi connectivity index (χ3v) is 3.05. The van der Waals surface area contributed by atoms with Crippen molar-refractivity contribution in [3.63, 3.8) is 0 Å². The SMILES string of the molecule is O=C(c1cccnc1)N1CCCCCCC1. The molecule has 1 aromatic rings. The van der Waals surface area contributed by atoms with Crippen LogP contribution < -0.4 is 0 Å². The highest BCUT2D eigenvalue weighted by Gasteiger charge is 2.16. The summed E-state index contributed by atoms with van der Waals surface area (Å²) in [7, 11) is 0. The van der Waals surface area contributed by atoms with Gasteiger partial charge in [0.1, 0.15) is 0 Å². The zero-order valence-corrected chi connectivity index (χ0v) is 9.56. The maximum absolute atomic E-state index is 12.2. The average molecular weight is 218 g/mol. The third-order valence-electron chi connectivity index (χ3n) is 3.05. The first kappa shape index (κ1) is 11.1. The molecule has 3 heteroatoms. The Kier molecular flexibility index (Phi) is 3.91. The van der Waals surface area contributed by atoms with Crippen LogP contribution in [0.3, 0.4) is 0 Å². The molecule has 0 N–H and O–H groups in total. The molecule has 0 saturated carbocycles. The summed E-state index contributed by atoms with van der Waals surface area (Å²) < 4.78 is 0. The van der Waals surface area contributed by atoms with Crippen LogP contribution in [0.15, 0.2) is 24.5 Å². The fraction of sp³-hybridized carbons (Fsp3) is 0.538. The summed E-state index contributed by atoms with van der Waals surface area (Å²) in [6, 6.07) is 3.66. The Balaban J connectivity index is 2.02. The minimum absolute atomic E-state index is 0.134. The number of likely N-dealkylation sites (tertiary alicyclic amines) is 1. The standard InChI is InChI=1S/C13H18N2O/c16-13(12-7-6-8-14-11-12)15-9-4-2-1-3-5-10-15/h6-8,11H,1-5,9-10H2. The Morgan fingerprint density at radius 3 is 2.44 bits per heavy atom. The number of nitrogens with zero attached hydrogens (tertiary/aromatic N) is 2. The van der Waals surface area contributed by atoms with Crippen LogP contribution in [0, 0.1) is 0 Å². The summed E-state index contributed by atoms with van der Waals surface area (Å²) >= 11 is 0. The fourth-order valence-corrected chi connectivity index (χ4v) is 2.12. The molecule has 2 heterocycles. The van der Waals surface area contributed by atoms with E-state index in [4.69, 9.17) is 0 Å². The molecular formula is C13H18N2O. The predicted molar refractivity (Wildman–Crippen MR) is 63.2 cm³/mol. The van der Waals surface area contributed by atoms with Crippen molar-refractivity contribution in [3.8, 4) is 0 Å². The lowest BCUT2D eigenvalue weighted by molar-refractivity contribution is 0.0742. The molecule has 1 aromatic heterocycles. The average Bonchev–Trinajstić information content (AvgIpc) is 2.29. The van der Waals surface area contributed by atoms with Crippen molar-refractivity contribution in [3.05, 3.63) is 30.1 Å². The van der Waals surface area contributed by atoms with Crippen LogP contribution in [0.2, 0.25) is 0 Å². The van der Waals surface area contributed by atoms with Gasteiger partial charge in [0.05, 0.1) is 5.56 Å². The highest BCUT2D eigenvalue weighted by molar-refractivity contribution is 5.93. The molecule has 1 aliphatic rings. The Morgan fingerprint density at radius 2 is 1.81 bits per heavy atom. The lowest BCUT2D eigenvalue weighted by Gasteiger charge is -2.24. The number of rotatable bonds is 1. The Hall–Kier alpha value is -1.38. The van der Waals surface area contributed by atoms with Crippen LogP contribution in [-0.2, 0) is 0 Å². The summed E-state index contributed by atoms with van der Waals surface area (Å²) in [6.07, 6.45) is 9.42. The number of carbonyl (C=O) groups is 1. The van der Waals surface area contributed by atoms with Gasteiger partial charge in [0.15, 0.2) is 0 Å². The van der Waals surface area contributed by atoms with Crippen molar-refractivity contribution in [1.82, 2.24) is 9.88 Å². The minimum Gasteiger partial charge on any atom is -0.339 e. The van der Waals surface area contributed by atoms with E-state index in [0.717, 1.165) is 25.9 Å². The fourth-order valence-electron chi connectivity index (χ4n) is 2.12. The van der Waals surface area contributed by atoms with Gasteiger partial charge in [-0.2, -0.15) is 0 Å². The van der Waals surface area contributed by atoms with E-state index in [1.54, 1.807) is 12.4 Å². The smallest absolute Gasteiger partial charge is 0.255 e. The molecule has 86 valence electrons. The summed E-state index contributed by atoms with van der Waals surface area (Å²) in [4.78, 5) is 18.1. The number of aromatic nitrogens is 1. The molecule has 3 nitrogen and oxygen atoms in total. The monoisotopic (exact) mass is 218 g/mol. The highest BCUT2D eigenvalue weighted by Crippen LogP contribution is 2.12. The molecule has 0 aromatic carbocycles.